The summed E-state index contributed by atoms with van der Waals surface area (Å²) in [6, 6.07) is 3.07. The number of carbonyl (C=O) groups is 1. The molecule has 7 heteroatoms. The summed E-state index contributed by atoms with van der Waals surface area (Å²) in [6.45, 7) is 0.805. The number of carbonyl (C=O) groups excluding carboxylic acids is 1. The second kappa shape index (κ2) is 8.19. The van der Waals surface area contributed by atoms with E-state index in [1.54, 1.807) is 0 Å². The van der Waals surface area contributed by atoms with E-state index >= 15 is 0 Å². The number of hydrogen-bond donors (Lipinski definition) is 0. The van der Waals surface area contributed by atoms with E-state index in [-0.39, 0.29) is 23.4 Å². The number of halogens is 2. The maximum atomic E-state index is 12.7. The molecule has 1 amide bonds. The van der Waals surface area contributed by atoms with Crippen molar-refractivity contribution in [3.05, 3.63) is 24.0 Å². The van der Waals surface area contributed by atoms with E-state index in [4.69, 9.17) is 4.74 Å². The Kier molecular flexibility index (Phi) is 6.27. The first kappa shape index (κ1) is 17.6. The van der Waals surface area contributed by atoms with Gasteiger partial charge in [0.15, 0.2) is 0 Å². The molecule has 1 saturated heterocycles. The number of nitrogens with zero attached hydrogens (tertiary/aromatic N) is 3. The van der Waals surface area contributed by atoms with Gasteiger partial charge in [-0.05, 0) is 39.4 Å². The molecule has 0 bridgehead atoms. The molecule has 1 aromatic rings. The predicted molar refractivity (Wildman–Crippen MR) is 83.0 cm³/mol. The van der Waals surface area contributed by atoms with Crippen molar-refractivity contribution >= 4 is 5.91 Å². The molecule has 5 nitrogen and oxygen atoms in total. The molecular formula is C16H23F2N3O2. The zero-order valence-electron chi connectivity index (χ0n) is 13.5. The van der Waals surface area contributed by atoms with Gasteiger partial charge in [0.1, 0.15) is 18.1 Å². The van der Waals surface area contributed by atoms with Crippen LogP contribution in [0, 0.1) is 0 Å². The highest BCUT2D eigenvalue weighted by Gasteiger charge is 2.28. The normalized spacial score (nSPS) is 18.5. The van der Waals surface area contributed by atoms with E-state index in [1.165, 1.54) is 18.3 Å². The van der Waals surface area contributed by atoms with Gasteiger partial charge in [-0.15, -0.1) is 0 Å². The van der Waals surface area contributed by atoms with Crippen LogP contribution in [0.1, 0.15) is 29.8 Å². The summed E-state index contributed by atoms with van der Waals surface area (Å²) in [5.41, 5.74) is 0.238. The van der Waals surface area contributed by atoms with Crippen molar-refractivity contribution in [2.24, 2.45) is 0 Å². The number of likely N-dealkylation sites (tertiary alicyclic amines) is 1. The number of piperidine rings is 1. The Balaban J connectivity index is 2.09. The molecule has 1 atom stereocenters. The van der Waals surface area contributed by atoms with Gasteiger partial charge >= 0.3 is 0 Å². The molecule has 2 heterocycles. The molecule has 0 spiro atoms. The first-order valence-electron chi connectivity index (χ1n) is 7.80. The molecule has 0 aliphatic carbocycles. The van der Waals surface area contributed by atoms with Gasteiger partial charge in [0.05, 0.1) is 0 Å². The van der Waals surface area contributed by atoms with Gasteiger partial charge in [0.2, 0.25) is 0 Å². The van der Waals surface area contributed by atoms with Crippen molar-refractivity contribution in [3.8, 4) is 5.75 Å². The van der Waals surface area contributed by atoms with E-state index in [2.05, 4.69) is 9.88 Å². The summed E-state index contributed by atoms with van der Waals surface area (Å²) >= 11 is 0. The minimum absolute atomic E-state index is 0.152. The van der Waals surface area contributed by atoms with Crippen LogP contribution in [0.15, 0.2) is 18.3 Å². The standard InChI is InChI=1S/C16H23F2N3O2/c1-20(2)10-12-5-3-4-8-21(12)16(22)14-9-13(6-7-19-14)23-11-15(17)18/h6-7,9,12,15H,3-5,8,10-11H2,1-2H3/t12-/m0/s1. The summed E-state index contributed by atoms with van der Waals surface area (Å²) < 4.78 is 29.4. The maximum absolute atomic E-state index is 12.7. The number of aromatic nitrogens is 1. The smallest absolute Gasteiger partial charge is 0.272 e. The molecule has 0 saturated carbocycles. The first-order valence-corrected chi connectivity index (χ1v) is 7.80. The number of hydrogen-bond acceptors (Lipinski definition) is 4. The molecule has 128 valence electrons. The lowest BCUT2D eigenvalue weighted by molar-refractivity contribution is 0.0567. The van der Waals surface area contributed by atoms with Gasteiger partial charge in [0, 0.05) is 31.4 Å². The van der Waals surface area contributed by atoms with Gasteiger partial charge in [-0.3, -0.25) is 9.78 Å². The Morgan fingerprint density at radius 1 is 1.48 bits per heavy atom. The third kappa shape index (κ3) is 5.13. The Morgan fingerprint density at radius 3 is 2.96 bits per heavy atom. The number of pyridine rings is 1. The highest BCUT2D eigenvalue weighted by molar-refractivity contribution is 5.93. The molecule has 1 aliphatic heterocycles. The molecule has 23 heavy (non-hydrogen) atoms. The molecule has 1 fully saturated rings. The Hall–Kier alpha value is -1.76. The summed E-state index contributed by atoms with van der Waals surface area (Å²) in [5, 5.41) is 0. The Morgan fingerprint density at radius 2 is 2.26 bits per heavy atom. The zero-order valence-corrected chi connectivity index (χ0v) is 13.5. The number of alkyl halides is 2. The summed E-state index contributed by atoms with van der Waals surface area (Å²) in [4.78, 5) is 20.7. The van der Waals surface area contributed by atoms with Crippen molar-refractivity contribution in [3.63, 3.8) is 0 Å². The third-order valence-corrected chi connectivity index (χ3v) is 3.79. The van der Waals surface area contributed by atoms with Crippen molar-refractivity contribution in [1.29, 1.82) is 0 Å². The number of ether oxygens (including phenoxy) is 1. The van der Waals surface area contributed by atoms with E-state index in [9.17, 15) is 13.6 Å². The topological polar surface area (TPSA) is 45.7 Å². The third-order valence-electron chi connectivity index (χ3n) is 3.79. The van der Waals surface area contributed by atoms with Crippen molar-refractivity contribution in [2.45, 2.75) is 31.7 Å². The average Bonchev–Trinajstić information content (AvgIpc) is 2.52. The van der Waals surface area contributed by atoms with Gasteiger partial charge in [-0.2, -0.15) is 0 Å². The second-order valence-corrected chi connectivity index (χ2v) is 5.99. The van der Waals surface area contributed by atoms with Crippen LogP contribution in [0.2, 0.25) is 0 Å². The van der Waals surface area contributed by atoms with Crippen LogP contribution in [0.5, 0.6) is 5.75 Å². The average molecular weight is 327 g/mol. The van der Waals surface area contributed by atoms with Crippen LogP contribution in [0.4, 0.5) is 8.78 Å². The fraction of sp³-hybridized carbons (Fsp3) is 0.625. The monoisotopic (exact) mass is 327 g/mol. The Labute approximate surface area is 135 Å². The molecule has 2 rings (SSSR count). The lowest BCUT2D eigenvalue weighted by Gasteiger charge is -2.37. The van der Waals surface area contributed by atoms with E-state index < -0.39 is 13.0 Å². The summed E-state index contributed by atoms with van der Waals surface area (Å²) in [6.07, 6.45) is 1.91. The van der Waals surface area contributed by atoms with E-state index in [0.29, 0.717) is 6.54 Å². The van der Waals surface area contributed by atoms with Gasteiger partial charge in [-0.25, -0.2) is 8.78 Å². The molecule has 0 unspecified atom stereocenters. The van der Waals surface area contributed by atoms with E-state index in [0.717, 1.165) is 25.8 Å². The van der Waals surface area contributed by atoms with Crippen LogP contribution in [-0.4, -0.2) is 67.0 Å². The number of amides is 1. The van der Waals surface area contributed by atoms with Crippen LogP contribution >= 0.6 is 0 Å². The number of rotatable bonds is 6. The largest absolute Gasteiger partial charge is 0.488 e. The molecule has 1 aliphatic rings. The minimum atomic E-state index is -2.55. The van der Waals surface area contributed by atoms with E-state index in [1.807, 2.05) is 19.0 Å². The SMILES string of the molecule is CN(C)C[C@@H]1CCCCN1C(=O)c1cc(OCC(F)F)ccn1. The fourth-order valence-corrected chi connectivity index (χ4v) is 2.80. The first-order chi connectivity index (χ1) is 11.0. The minimum Gasteiger partial charge on any atom is -0.488 e. The van der Waals surface area contributed by atoms with Crippen LogP contribution in [0.3, 0.4) is 0 Å². The van der Waals surface area contributed by atoms with Crippen LogP contribution in [0.25, 0.3) is 0 Å². The van der Waals surface area contributed by atoms with Crippen molar-refractivity contribution in [2.75, 3.05) is 33.8 Å². The second-order valence-electron chi connectivity index (χ2n) is 5.99. The molecular weight excluding hydrogens is 304 g/mol. The summed E-state index contributed by atoms with van der Waals surface area (Å²) in [7, 11) is 3.96. The molecule has 0 radical (unpaired) electrons. The predicted octanol–water partition coefficient (Wildman–Crippen LogP) is 2.28. The molecule has 1 aromatic heterocycles. The quantitative estimate of drug-likeness (QED) is 0.804. The summed E-state index contributed by atoms with van der Waals surface area (Å²) in [5.74, 6) is 0.0730. The van der Waals surface area contributed by atoms with Gasteiger partial charge in [0.25, 0.3) is 12.3 Å². The van der Waals surface area contributed by atoms with Crippen LogP contribution < -0.4 is 4.74 Å². The molecule has 0 N–H and O–H groups in total. The van der Waals surface area contributed by atoms with Gasteiger partial charge in [-0.1, -0.05) is 0 Å². The fourth-order valence-electron chi connectivity index (χ4n) is 2.80. The van der Waals surface area contributed by atoms with Crippen LogP contribution in [-0.2, 0) is 0 Å². The highest BCUT2D eigenvalue weighted by atomic mass is 19.3. The Bertz CT molecular complexity index is 526. The zero-order chi connectivity index (χ0) is 16.8. The van der Waals surface area contributed by atoms with Gasteiger partial charge < -0.3 is 14.5 Å². The highest BCUT2D eigenvalue weighted by Crippen LogP contribution is 2.21. The molecule has 0 aromatic carbocycles. The maximum Gasteiger partial charge on any atom is 0.272 e. The lowest BCUT2D eigenvalue weighted by Crippen LogP contribution is -2.48. The van der Waals surface area contributed by atoms with Crippen molar-refractivity contribution in [1.82, 2.24) is 14.8 Å². The lowest BCUT2D eigenvalue weighted by atomic mass is 10.0. The number of likely N-dealkylation sites (N-methyl/N-ethyl adjacent to an activating group) is 1. The van der Waals surface area contributed by atoms with Crippen molar-refractivity contribution < 1.29 is 18.3 Å².